The number of aromatic nitrogens is 2. The van der Waals surface area contributed by atoms with Gasteiger partial charge in [-0.3, -0.25) is 0 Å². The number of rotatable bonds is 0. The number of fused-ring (bicyclic) bond motifs is 1. The van der Waals surface area contributed by atoms with Gasteiger partial charge in [0.2, 0.25) is 5.88 Å². The normalized spacial score (nSPS) is 19.0. The molecule has 1 aromatic heterocycles. The summed E-state index contributed by atoms with van der Waals surface area (Å²) in [6.07, 6.45) is 0. The average molecular weight is 278 g/mol. The molecule has 0 aliphatic carbocycles. The van der Waals surface area contributed by atoms with Crippen LogP contribution in [0.2, 0.25) is 0 Å². The fourth-order valence-electron chi connectivity index (χ4n) is 1.40. The Morgan fingerprint density at radius 3 is 2.83 bits per heavy atom. The smallest absolute Gasteiger partial charge is 0.226 e. The van der Waals surface area contributed by atoms with Crippen molar-refractivity contribution in [1.82, 2.24) is 9.78 Å². The van der Waals surface area contributed by atoms with E-state index in [1.807, 2.05) is 11.6 Å². The van der Waals surface area contributed by atoms with Crippen molar-refractivity contribution in [2.75, 3.05) is 0 Å². The minimum absolute atomic E-state index is 0.0873. The number of aryl methyl sites for hydroxylation is 1. The summed E-state index contributed by atoms with van der Waals surface area (Å²) in [4.78, 5) is 0. The second kappa shape index (κ2) is 2.37. The highest BCUT2D eigenvalue weighted by atomic mass is 127. The zero-order valence-corrected chi connectivity index (χ0v) is 9.55. The van der Waals surface area contributed by atoms with Crippen LogP contribution < -0.4 is 4.74 Å². The molecular weight excluding hydrogens is 267 g/mol. The Kier molecular flexibility index (Phi) is 1.65. The standard InChI is InChI=1S/C8H11IN2O/c1-5-6(9)7-11(10-5)4-8(2,3)12-7/h4H2,1-3H3. The van der Waals surface area contributed by atoms with E-state index in [1.165, 1.54) is 0 Å². The number of ether oxygens (including phenoxy) is 1. The lowest BCUT2D eigenvalue weighted by molar-refractivity contribution is 0.134. The molecule has 66 valence electrons. The predicted molar refractivity (Wildman–Crippen MR) is 54.4 cm³/mol. The van der Waals surface area contributed by atoms with Crippen LogP contribution in [0.15, 0.2) is 0 Å². The van der Waals surface area contributed by atoms with Gasteiger partial charge in [0.1, 0.15) is 5.60 Å². The van der Waals surface area contributed by atoms with E-state index in [9.17, 15) is 0 Å². The largest absolute Gasteiger partial charge is 0.469 e. The van der Waals surface area contributed by atoms with Gasteiger partial charge < -0.3 is 4.74 Å². The Balaban J connectivity index is 2.46. The van der Waals surface area contributed by atoms with Crippen LogP contribution in [0.3, 0.4) is 0 Å². The maximum absolute atomic E-state index is 5.74. The molecule has 0 saturated heterocycles. The quantitative estimate of drug-likeness (QED) is 0.678. The monoisotopic (exact) mass is 278 g/mol. The molecule has 2 heterocycles. The van der Waals surface area contributed by atoms with Crippen molar-refractivity contribution < 1.29 is 4.74 Å². The van der Waals surface area contributed by atoms with Gasteiger partial charge in [-0.05, 0) is 43.4 Å². The summed E-state index contributed by atoms with van der Waals surface area (Å²) in [5, 5.41) is 4.37. The molecule has 0 bridgehead atoms. The number of hydrogen-bond acceptors (Lipinski definition) is 2. The third kappa shape index (κ3) is 1.12. The molecule has 1 aliphatic rings. The first kappa shape index (κ1) is 8.34. The van der Waals surface area contributed by atoms with Gasteiger partial charge in [0.15, 0.2) is 0 Å². The molecule has 0 N–H and O–H groups in total. The maximum atomic E-state index is 5.74. The molecular formula is C8H11IN2O. The minimum atomic E-state index is -0.0873. The van der Waals surface area contributed by atoms with E-state index < -0.39 is 0 Å². The summed E-state index contributed by atoms with van der Waals surface area (Å²) in [6.45, 7) is 7.01. The second-order valence-electron chi connectivity index (χ2n) is 3.72. The summed E-state index contributed by atoms with van der Waals surface area (Å²) in [5.41, 5.74) is 0.969. The molecule has 4 heteroatoms. The summed E-state index contributed by atoms with van der Waals surface area (Å²) in [7, 11) is 0. The van der Waals surface area contributed by atoms with Gasteiger partial charge in [0.25, 0.3) is 0 Å². The van der Waals surface area contributed by atoms with Crippen LogP contribution in [0.1, 0.15) is 19.5 Å². The van der Waals surface area contributed by atoms with Crippen LogP contribution in [0.5, 0.6) is 5.88 Å². The molecule has 0 radical (unpaired) electrons. The molecule has 0 unspecified atom stereocenters. The third-order valence-electron chi connectivity index (χ3n) is 1.91. The fraction of sp³-hybridized carbons (Fsp3) is 0.625. The van der Waals surface area contributed by atoms with Gasteiger partial charge in [-0.15, -0.1) is 0 Å². The van der Waals surface area contributed by atoms with E-state index >= 15 is 0 Å². The second-order valence-corrected chi connectivity index (χ2v) is 4.80. The Labute approximate surface area is 85.2 Å². The third-order valence-corrected chi connectivity index (χ3v) is 3.16. The van der Waals surface area contributed by atoms with Gasteiger partial charge in [0, 0.05) is 0 Å². The van der Waals surface area contributed by atoms with E-state index in [4.69, 9.17) is 4.74 Å². The van der Waals surface area contributed by atoms with Crippen LogP contribution in [0.4, 0.5) is 0 Å². The van der Waals surface area contributed by atoms with Gasteiger partial charge in [-0.25, -0.2) is 4.68 Å². The van der Waals surface area contributed by atoms with Gasteiger partial charge in [-0.2, -0.15) is 5.10 Å². The zero-order valence-electron chi connectivity index (χ0n) is 7.39. The maximum Gasteiger partial charge on any atom is 0.226 e. The Hall–Kier alpha value is -0.260. The summed E-state index contributed by atoms with van der Waals surface area (Å²) < 4.78 is 8.82. The van der Waals surface area contributed by atoms with Gasteiger partial charge >= 0.3 is 0 Å². The van der Waals surface area contributed by atoms with E-state index in [-0.39, 0.29) is 5.60 Å². The Morgan fingerprint density at radius 2 is 2.25 bits per heavy atom. The molecule has 0 fully saturated rings. The van der Waals surface area contributed by atoms with Crippen molar-refractivity contribution in [2.45, 2.75) is 32.9 Å². The highest BCUT2D eigenvalue weighted by Gasteiger charge is 2.33. The van der Waals surface area contributed by atoms with Crippen LogP contribution in [-0.2, 0) is 6.54 Å². The molecule has 1 aromatic rings. The minimum Gasteiger partial charge on any atom is -0.469 e. The molecule has 0 aromatic carbocycles. The molecule has 1 aliphatic heterocycles. The fourth-order valence-corrected chi connectivity index (χ4v) is 1.89. The highest BCUT2D eigenvalue weighted by molar-refractivity contribution is 14.1. The first-order valence-electron chi connectivity index (χ1n) is 3.91. The van der Waals surface area contributed by atoms with Crippen LogP contribution in [0.25, 0.3) is 0 Å². The molecule has 12 heavy (non-hydrogen) atoms. The molecule has 0 spiro atoms. The van der Waals surface area contributed by atoms with E-state index in [2.05, 4.69) is 41.5 Å². The van der Waals surface area contributed by atoms with E-state index in [0.717, 1.165) is 21.7 Å². The lowest BCUT2D eigenvalue weighted by Crippen LogP contribution is -2.26. The van der Waals surface area contributed by atoms with E-state index in [0.29, 0.717) is 0 Å². The molecule has 0 saturated carbocycles. The lowest BCUT2D eigenvalue weighted by Gasteiger charge is -2.15. The van der Waals surface area contributed by atoms with Crippen molar-refractivity contribution >= 4 is 22.6 Å². The van der Waals surface area contributed by atoms with Crippen molar-refractivity contribution in [2.24, 2.45) is 0 Å². The lowest BCUT2D eigenvalue weighted by atomic mass is 10.1. The number of nitrogens with zero attached hydrogens (tertiary/aromatic N) is 2. The van der Waals surface area contributed by atoms with Crippen LogP contribution in [-0.4, -0.2) is 15.4 Å². The molecule has 2 rings (SSSR count). The van der Waals surface area contributed by atoms with E-state index in [1.54, 1.807) is 0 Å². The summed E-state index contributed by atoms with van der Waals surface area (Å²) in [5.74, 6) is 0.929. The molecule has 0 atom stereocenters. The molecule has 0 amide bonds. The topological polar surface area (TPSA) is 27.1 Å². The van der Waals surface area contributed by atoms with Gasteiger partial charge in [0.05, 0.1) is 15.8 Å². The number of halogens is 1. The SMILES string of the molecule is Cc1nn2c(c1I)OC(C)(C)C2. The summed E-state index contributed by atoms with van der Waals surface area (Å²) in [6, 6.07) is 0. The zero-order chi connectivity index (χ0) is 8.93. The van der Waals surface area contributed by atoms with Crippen molar-refractivity contribution in [3.8, 4) is 5.88 Å². The Morgan fingerprint density at radius 1 is 1.58 bits per heavy atom. The highest BCUT2D eigenvalue weighted by Crippen LogP contribution is 2.34. The predicted octanol–water partition coefficient (Wildman–Crippen LogP) is 1.97. The molecule has 3 nitrogen and oxygen atoms in total. The van der Waals surface area contributed by atoms with Crippen molar-refractivity contribution in [1.29, 1.82) is 0 Å². The first-order chi connectivity index (χ1) is 5.49. The van der Waals surface area contributed by atoms with Crippen LogP contribution >= 0.6 is 22.6 Å². The van der Waals surface area contributed by atoms with Crippen molar-refractivity contribution in [3.63, 3.8) is 0 Å². The number of hydrogen-bond donors (Lipinski definition) is 0. The summed E-state index contributed by atoms with van der Waals surface area (Å²) >= 11 is 2.27. The Bertz CT molecular complexity index is 330. The van der Waals surface area contributed by atoms with Gasteiger partial charge in [-0.1, -0.05) is 0 Å². The van der Waals surface area contributed by atoms with Crippen molar-refractivity contribution in [3.05, 3.63) is 9.26 Å². The van der Waals surface area contributed by atoms with Crippen LogP contribution in [0, 0.1) is 10.5 Å². The first-order valence-corrected chi connectivity index (χ1v) is 4.99. The average Bonchev–Trinajstić information content (AvgIpc) is 2.33.